The molecule has 262 valence electrons. The summed E-state index contributed by atoms with van der Waals surface area (Å²) >= 11 is 0. The summed E-state index contributed by atoms with van der Waals surface area (Å²) in [5.41, 5.74) is 1.90. The smallest absolute Gasteiger partial charge is 0.252 e. The number of aliphatic hydroxyl groups excluding tert-OH is 1. The van der Waals surface area contributed by atoms with Crippen molar-refractivity contribution in [3.63, 3.8) is 0 Å². The fourth-order valence-electron chi connectivity index (χ4n) is 5.50. The van der Waals surface area contributed by atoms with E-state index in [2.05, 4.69) is 41.1 Å². The van der Waals surface area contributed by atoms with Gasteiger partial charge in [-0.2, -0.15) is 0 Å². The van der Waals surface area contributed by atoms with Crippen molar-refractivity contribution in [3.8, 4) is 11.5 Å². The Morgan fingerprint density at radius 2 is 1.85 bits per heavy atom. The van der Waals surface area contributed by atoms with Crippen LogP contribution in [0.25, 0.3) is 0 Å². The topological polar surface area (TPSA) is 189 Å². The van der Waals surface area contributed by atoms with E-state index >= 15 is 0 Å². The fourth-order valence-corrected chi connectivity index (χ4v) is 5.50. The van der Waals surface area contributed by atoms with Crippen molar-refractivity contribution in [2.24, 2.45) is 5.92 Å². The number of aryl methyl sites for hydroxylation is 2. The predicted molar refractivity (Wildman–Crippen MR) is 177 cm³/mol. The highest BCUT2D eigenvalue weighted by atomic mass is 16.5. The van der Waals surface area contributed by atoms with Gasteiger partial charge in [-0.1, -0.05) is 19.1 Å². The van der Waals surface area contributed by atoms with Gasteiger partial charge in [0.2, 0.25) is 11.8 Å². The first-order valence-electron chi connectivity index (χ1n) is 16.5. The van der Waals surface area contributed by atoms with Crippen molar-refractivity contribution in [2.75, 3.05) is 26.7 Å². The Kier molecular flexibility index (Phi) is 13.3. The van der Waals surface area contributed by atoms with Gasteiger partial charge in [-0.15, -0.1) is 5.10 Å². The number of imidazole rings is 1. The van der Waals surface area contributed by atoms with Crippen LogP contribution >= 0.6 is 0 Å². The zero-order chi connectivity index (χ0) is 34.6. The van der Waals surface area contributed by atoms with E-state index in [9.17, 15) is 19.5 Å². The molecule has 3 atom stereocenters. The molecule has 1 aliphatic rings. The van der Waals surface area contributed by atoms with Crippen LogP contribution in [-0.2, 0) is 29.3 Å². The third-order valence-corrected chi connectivity index (χ3v) is 7.99. The highest BCUT2D eigenvalue weighted by molar-refractivity contribution is 5.99. The van der Waals surface area contributed by atoms with Crippen LogP contribution in [0.15, 0.2) is 30.6 Å². The zero-order valence-electron chi connectivity index (χ0n) is 28.5. The number of nitrogens with zero attached hydrogens (tertiary/aromatic N) is 5. The number of fused-ring (bicyclic) bond motifs is 4. The van der Waals surface area contributed by atoms with Gasteiger partial charge in [0.1, 0.15) is 30.2 Å². The van der Waals surface area contributed by atoms with Crippen LogP contribution in [0.3, 0.4) is 0 Å². The number of carbonyl (C=O) groups is 3. The van der Waals surface area contributed by atoms with Crippen LogP contribution in [0, 0.1) is 12.8 Å². The van der Waals surface area contributed by atoms with Crippen LogP contribution < -0.4 is 25.4 Å². The van der Waals surface area contributed by atoms with E-state index in [1.54, 1.807) is 22.9 Å². The first kappa shape index (κ1) is 36.3. The van der Waals surface area contributed by atoms with Gasteiger partial charge in [0.15, 0.2) is 11.5 Å². The Bertz CT molecular complexity index is 1500. The van der Waals surface area contributed by atoms with Gasteiger partial charge in [0, 0.05) is 43.6 Å². The Morgan fingerprint density at radius 1 is 1.06 bits per heavy atom. The molecule has 3 amide bonds. The van der Waals surface area contributed by atoms with Crippen LogP contribution in [0.1, 0.15) is 74.0 Å². The molecule has 4 rings (SSSR count). The normalized spacial score (nSPS) is 20.2. The molecule has 0 saturated carbocycles. The van der Waals surface area contributed by atoms with Crippen molar-refractivity contribution < 1.29 is 29.0 Å². The predicted octanol–water partition coefficient (Wildman–Crippen LogP) is 1.71. The van der Waals surface area contributed by atoms with E-state index < -0.39 is 35.9 Å². The molecule has 15 nitrogen and oxygen atoms in total. The maximum atomic E-state index is 13.4. The lowest BCUT2D eigenvalue weighted by molar-refractivity contribution is -0.132. The highest BCUT2D eigenvalue weighted by Gasteiger charge is 2.30. The molecule has 5 N–H and O–H groups in total. The maximum absolute atomic E-state index is 13.4. The van der Waals surface area contributed by atoms with Gasteiger partial charge < -0.3 is 35.5 Å². The van der Waals surface area contributed by atoms with Crippen molar-refractivity contribution in [3.05, 3.63) is 53.4 Å². The second kappa shape index (κ2) is 17.6. The summed E-state index contributed by atoms with van der Waals surface area (Å²) in [6.07, 6.45) is 5.18. The molecular weight excluding hydrogens is 618 g/mol. The highest BCUT2D eigenvalue weighted by Crippen LogP contribution is 2.29. The number of hydrogen-bond acceptors (Lipinski definition) is 10. The number of aromatic amines is 1. The number of carbonyl (C=O) groups excluding carboxylic acids is 3. The van der Waals surface area contributed by atoms with E-state index in [0.717, 1.165) is 37.4 Å². The average molecular weight is 668 g/mol. The second-order valence-electron chi connectivity index (χ2n) is 12.6. The monoisotopic (exact) mass is 667 g/mol. The average Bonchev–Trinajstić information content (AvgIpc) is 3.68. The lowest BCUT2D eigenvalue weighted by Crippen LogP contribution is -2.57. The Labute approximate surface area is 281 Å². The Hall–Kier alpha value is -4.50. The van der Waals surface area contributed by atoms with Crippen LogP contribution in [0.2, 0.25) is 0 Å². The number of aliphatic hydroxyl groups is 1. The number of benzene rings is 1. The number of hydrogen-bond donors (Lipinski definition) is 5. The second-order valence-corrected chi connectivity index (χ2v) is 12.6. The van der Waals surface area contributed by atoms with E-state index in [4.69, 9.17) is 9.47 Å². The zero-order valence-corrected chi connectivity index (χ0v) is 28.5. The summed E-state index contributed by atoms with van der Waals surface area (Å²) < 4.78 is 13.2. The summed E-state index contributed by atoms with van der Waals surface area (Å²) in [6, 6.07) is 2.60. The van der Waals surface area contributed by atoms with Gasteiger partial charge in [-0.25, -0.2) is 4.98 Å². The first-order chi connectivity index (χ1) is 23.0. The molecule has 0 spiro atoms. The number of aromatic nitrogens is 5. The maximum Gasteiger partial charge on any atom is 0.252 e. The fraction of sp³-hybridized carbons (Fsp3) is 0.576. The molecule has 4 bridgehead atoms. The minimum atomic E-state index is -1.19. The van der Waals surface area contributed by atoms with Crippen molar-refractivity contribution in [1.82, 2.24) is 45.8 Å². The SMILES string of the molecule is COc1ccc2cc1OCc1cn(nn1)CCCN(Cc1cnc(C)[nH]1)CCCCNC(=O)[C@H]([C@@H](C)O)NC(=O)[C@@H](CC(C)C)NC2=O. The van der Waals surface area contributed by atoms with Crippen molar-refractivity contribution in [1.29, 1.82) is 0 Å². The minimum absolute atomic E-state index is 0.0479. The molecule has 0 radical (unpaired) electrons. The molecule has 0 unspecified atom stereocenters. The standard InChI is InChI=1S/C33H49N9O6/c1-21(2)15-27-32(45)38-30(22(3)43)33(46)34-11-6-7-12-41(18-25-17-35-23(4)36-25)13-8-14-42-19-26(39-40-42)20-48-29-16-24(31(44)37-27)9-10-28(29)47-5/h9-10,16-17,19,21-22,27,30,43H,6-8,11-15,18,20H2,1-5H3,(H,34,46)(H,35,36)(H,37,44)(H,38,45)/t22-,27-,30+/m1/s1. The summed E-state index contributed by atoms with van der Waals surface area (Å²) in [4.78, 5) is 49.9. The molecule has 0 fully saturated rings. The number of methoxy groups -OCH3 is 1. The summed E-state index contributed by atoms with van der Waals surface area (Å²) in [5.74, 6) is 0.106. The number of H-pyrrole nitrogens is 1. The number of ether oxygens (including phenoxy) is 2. The van der Waals surface area contributed by atoms with Crippen molar-refractivity contribution in [2.45, 2.75) is 91.3 Å². The van der Waals surface area contributed by atoms with E-state index in [1.165, 1.54) is 14.0 Å². The van der Waals surface area contributed by atoms with Gasteiger partial charge >= 0.3 is 0 Å². The van der Waals surface area contributed by atoms with Gasteiger partial charge in [0.25, 0.3) is 5.91 Å². The summed E-state index contributed by atoms with van der Waals surface area (Å²) in [6.45, 7) is 10.7. The van der Waals surface area contributed by atoms with Crippen LogP contribution in [0.4, 0.5) is 0 Å². The van der Waals surface area contributed by atoms with E-state index in [0.29, 0.717) is 49.7 Å². The van der Waals surface area contributed by atoms with Gasteiger partial charge in [-0.05, 0) is 70.2 Å². The molecule has 0 saturated heterocycles. The molecule has 0 aliphatic carbocycles. The minimum Gasteiger partial charge on any atom is -0.493 e. The number of amides is 3. The third kappa shape index (κ3) is 10.8. The number of nitrogens with one attached hydrogen (secondary N) is 4. The van der Waals surface area contributed by atoms with Crippen LogP contribution in [-0.4, -0.2) is 97.6 Å². The molecule has 48 heavy (non-hydrogen) atoms. The molecule has 1 aliphatic heterocycles. The lowest BCUT2D eigenvalue weighted by Gasteiger charge is -2.26. The van der Waals surface area contributed by atoms with Gasteiger partial charge in [0.05, 0.1) is 19.4 Å². The molecule has 3 aromatic rings. The Balaban J connectivity index is 1.56. The third-order valence-electron chi connectivity index (χ3n) is 7.99. The largest absolute Gasteiger partial charge is 0.493 e. The lowest BCUT2D eigenvalue weighted by atomic mass is 10.0. The van der Waals surface area contributed by atoms with Gasteiger partial charge in [-0.3, -0.25) is 24.0 Å². The Morgan fingerprint density at radius 3 is 2.56 bits per heavy atom. The number of rotatable bonds is 6. The summed E-state index contributed by atoms with van der Waals surface area (Å²) in [5, 5.41) is 27.3. The van der Waals surface area contributed by atoms with Crippen LogP contribution in [0.5, 0.6) is 11.5 Å². The van der Waals surface area contributed by atoms with E-state index in [-0.39, 0.29) is 18.1 Å². The summed E-state index contributed by atoms with van der Waals surface area (Å²) in [7, 11) is 1.51. The van der Waals surface area contributed by atoms with Crippen molar-refractivity contribution >= 4 is 17.7 Å². The molecule has 2 aromatic heterocycles. The quantitative estimate of drug-likeness (QED) is 0.259. The molecule has 1 aromatic carbocycles. The molecule has 15 heteroatoms. The first-order valence-corrected chi connectivity index (χ1v) is 16.5. The van der Waals surface area contributed by atoms with E-state index in [1.807, 2.05) is 33.2 Å². The molecule has 3 heterocycles. The molecular formula is C33H49N9O6.